The molecule has 0 saturated heterocycles. The van der Waals surface area contributed by atoms with Crippen LogP contribution in [0.4, 0.5) is 0 Å². The first kappa shape index (κ1) is 87.0. The predicted octanol–water partition coefficient (Wildman–Crippen LogP) is 19.9. The number of hydrogen-bond acceptors (Lipinski definition) is 15. The Morgan fingerprint density at radius 1 is 0.307 bits per heavy atom. The molecule has 604 valence electrons. The number of pyridine rings is 1. The lowest BCUT2D eigenvalue weighted by molar-refractivity contribution is 0.546. The molecule has 0 amide bonds. The van der Waals surface area contributed by atoms with Crippen LogP contribution in [-0.4, -0.2) is 111 Å². The first-order valence-corrected chi connectivity index (χ1v) is 39.4. The quantitative estimate of drug-likeness (QED) is 0.137. The third-order valence-electron chi connectivity index (χ3n) is 19.0. The highest BCUT2D eigenvalue weighted by Crippen LogP contribution is 2.33. The van der Waals surface area contributed by atoms with Gasteiger partial charge in [-0.05, 0) is 159 Å². The minimum absolute atomic E-state index is 0.0737. The van der Waals surface area contributed by atoms with Crippen molar-refractivity contribution in [2.75, 3.05) is 0 Å². The van der Waals surface area contributed by atoms with Crippen LogP contribution in [0.1, 0.15) is 268 Å². The molecule has 0 fully saturated rings. The van der Waals surface area contributed by atoms with Crippen LogP contribution < -0.4 is 0 Å². The summed E-state index contributed by atoms with van der Waals surface area (Å²) in [7, 11) is 0. The van der Waals surface area contributed by atoms with E-state index in [1.807, 2.05) is 155 Å². The molecule has 16 rings (SSSR count). The zero-order valence-corrected chi connectivity index (χ0v) is 74.6. The van der Waals surface area contributed by atoms with Gasteiger partial charge in [0.15, 0.2) is 33.9 Å². The first-order valence-electron chi connectivity index (χ1n) is 39.4. The molecule has 16 aromatic heterocycles. The minimum Gasteiger partial charge on any atom is -0.300 e. The van der Waals surface area contributed by atoms with Gasteiger partial charge in [0.05, 0.1) is 98.3 Å². The van der Waals surface area contributed by atoms with Crippen LogP contribution in [0.2, 0.25) is 0 Å². The fourth-order valence-corrected chi connectivity index (χ4v) is 14.2. The van der Waals surface area contributed by atoms with E-state index in [-0.39, 0.29) is 43.3 Å². The van der Waals surface area contributed by atoms with Gasteiger partial charge >= 0.3 is 0 Å². The van der Waals surface area contributed by atoms with E-state index in [1.54, 1.807) is 29.3 Å². The second-order valence-corrected chi connectivity index (χ2v) is 38.0. The SMILES string of the molecule is CC(C)(C)c1ccc2nccn2n1.CC(C)(C)c1cnc2cccnn12.Cc1cn2nc(C(C)(C)C)ccc2n1.Cc1cnn2c(C(C)(C)C)c(C)nc2c1.Cc1nc2c(C)ccc(C)n2c1C(C)(C)C.Cc1nc2c(C)ccnn2c1C(C)(C)C.Cc1nc2cccnn2c1C(C)(C)C.Cc1nc2ncccn2c1C(C)(C)C. The normalized spacial score (nSPS) is 12.3. The monoisotopic (exact) mass is 1540 g/mol. The van der Waals surface area contributed by atoms with Crippen molar-refractivity contribution in [3.63, 3.8) is 0 Å². The number of nitrogens with zero attached hydrogens (tertiary/aromatic N) is 23. The summed E-state index contributed by atoms with van der Waals surface area (Å²) in [5, 5.41) is 26.4. The van der Waals surface area contributed by atoms with E-state index in [1.165, 1.54) is 45.3 Å². The van der Waals surface area contributed by atoms with Crippen molar-refractivity contribution in [2.45, 2.75) is 279 Å². The van der Waals surface area contributed by atoms with Crippen LogP contribution in [0.15, 0.2) is 141 Å². The van der Waals surface area contributed by atoms with E-state index in [9.17, 15) is 0 Å². The number of imidazole rings is 8. The van der Waals surface area contributed by atoms with Gasteiger partial charge in [-0.1, -0.05) is 172 Å². The summed E-state index contributed by atoms with van der Waals surface area (Å²) in [4.78, 5) is 39.7. The molecule has 16 aromatic rings. The van der Waals surface area contributed by atoms with E-state index >= 15 is 0 Å². The highest BCUT2D eigenvalue weighted by molar-refractivity contribution is 5.54. The van der Waals surface area contributed by atoms with Crippen LogP contribution in [0.5, 0.6) is 0 Å². The van der Waals surface area contributed by atoms with Gasteiger partial charge in [0.25, 0.3) is 0 Å². The summed E-state index contributed by atoms with van der Waals surface area (Å²) < 4.78 is 15.7. The highest BCUT2D eigenvalue weighted by atomic mass is 15.3. The molecule has 0 atom stereocenters. The molecule has 0 N–H and O–H groups in total. The molecule has 0 aliphatic rings. The average Bonchev–Trinajstić information content (AvgIpc) is 1.62. The van der Waals surface area contributed by atoms with E-state index in [2.05, 4.69) is 298 Å². The number of rotatable bonds is 0. The molecular formula is C91H125N23. The molecule has 114 heavy (non-hydrogen) atoms. The van der Waals surface area contributed by atoms with Crippen molar-refractivity contribution in [3.05, 3.63) is 243 Å². The van der Waals surface area contributed by atoms with Crippen molar-refractivity contribution >= 4 is 45.3 Å². The number of aryl methyl sites for hydroxylation is 10. The number of fused-ring (bicyclic) bond motifs is 8. The molecule has 0 aliphatic carbocycles. The van der Waals surface area contributed by atoms with Crippen LogP contribution in [0.25, 0.3) is 45.3 Å². The third kappa shape index (κ3) is 20.3. The van der Waals surface area contributed by atoms with Gasteiger partial charge in [0, 0.05) is 92.4 Å². The summed E-state index contributed by atoms with van der Waals surface area (Å²) in [6, 6.07) is 26.1. The third-order valence-corrected chi connectivity index (χ3v) is 19.0. The topological polar surface area (TPSA) is 229 Å². The summed E-state index contributed by atoms with van der Waals surface area (Å²) in [5.41, 5.74) is 28.1. The van der Waals surface area contributed by atoms with Crippen molar-refractivity contribution in [1.82, 2.24) is 111 Å². The van der Waals surface area contributed by atoms with Gasteiger partial charge in [-0.2, -0.15) is 30.6 Å². The summed E-state index contributed by atoms with van der Waals surface area (Å²) in [6.45, 7) is 73.0. The van der Waals surface area contributed by atoms with Crippen molar-refractivity contribution in [1.29, 1.82) is 0 Å². The number of aromatic nitrogens is 23. The molecule has 0 spiro atoms. The van der Waals surface area contributed by atoms with Crippen LogP contribution in [0.3, 0.4) is 0 Å². The first-order chi connectivity index (χ1) is 52.7. The zero-order chi connectivity index (χ0) is 84.5. The van der Waals surface area contributed by atoms with Crippen molar-refractivity contribution in [2.24, 2.45) is 0 Å². The van der Waals surface area contributed by atoms with Gasteiger partial charge in [-0.3, -0.25) is 4.40 Å². The summed E-state index contributed by atoms with van der Waals surface area (Å²) in [6.07, 6.45) is 18.5. The second kappa shape index (κ2) is 33.2. The Bertz CT molecular complexity index is 5890. The predicted molar refractivity (Wildman–Crippen MR) is 463 cm³/mol. The van der Waals surface area contributed by atoms with E-state index in [0.29, 0.717) is 0 Å². The number of hydrogen-bond donors (Lipinski definition) is 0. The molecule has 0 aromatic carbocycles. The Hall–Kier alpha value is -11.0. The van der Waals surface area contributed by atoms with Crippen LogP contribution in [0, 0.1) is 69.2 Å². The summed E-state index contributed by atoms with van der Waals surface area (Å²) >= 11 is 0. The lowest BCUT2D eigenvalue weighted by atomic mass is 9.90. The molecule has 0 saturated carbocycles. The molecule has 23 heteroatoms. The Labute approximate surface area is 674 Å². The molecule has 0 bridgehead atoms. The van der Waals surface area contributed by atoms with Gasteiger partial charge in [-0.15, -0.1) is 0 Å². The molecule has 0 aliphatic heterocycles. The zero-order valence-electron chi connectivity index (χ0n) is 74.6. The maximum absolute atomic E-state index is 4.70. The Morgan fingerprint density at radius 3 is 1.38 bits per heavy atom. The minimum atomic E-state index is 0.0737. The molecule has 16 heterocycles. The largest absolute Gasteiger partial charge is 0.300 e. The van der Waals surface area contributed by atoms with Gasteiger partial charge < -0.3 is 4.40 Å². The molecular weight excluding hydrogens is 1420 g/mol. The Kier molecular flexibility index (Phi) is 25.4. The average molecular weight is 1540 g/mol. The Morgan fingerprint density at radius 2 is 0.798 bits per heavy atom. The van der Waals surface area contributed by atoms with E-state index in [4.69, 9.17) is 4.98 Å². The standard InChI is InChI=1S/C14H20N2.2C12H17N3.3C11H15N3.2C10H13N3/c1-9-7-8-10(2)16-12(14(4,5)6)11(3)15-13(9)16;1-8-6-10-14-9(2)11(12(3,4)5)15(10)13-7-8;1-8-6-7-13-15-10(12(3,4)5)9(2)14-11(8)15;1-8-7-14-10(12-8)6-5-9(13-14)11(2,3)4;1-8-9(11(2,3)4)14-7-5-6-12-10(14)13-8;1-8-10(11(2,3)4)14-9(13-8)6-5-7-12-14;1-10(2,3)8-4-5-9-11-6-7-13(9)12-8;1-10(2,3)8-7-11-9-5-4-6-12-13(8)9/h7-8H,1-6H3;2*6-7H,1-5H3;3*5-7H,1-4H3;2*4-7H,1-3H3. The molecule has 23 nitrogen and oxygen atoms in total. The van der Waals surface area contributed by atoms with Gasteiger partial charge in [-0.25, -0.2) is 71.9 Å². The fourth-order valence-electron chi connectivity index (χ4n) is 14.2. The fraction of sp³-hybridized carbons (Fsp3) is 0.462. The molecule has 0 radical (unpaired) electrons. The van der Waals surface area contributed by atoms with Crippen molar-refractivity contribution < 1.29 is 0 Å². The smallest absolute Gasteiger partial charge is 0.234 e. The van der Waals surface area contributed by atoms with E-state index in [0.717, 1.165) is 102 Å². The molecule has 0 unspecified atom stereocenters. The van der Waals surface area contributed by atoms with Gasteiger partial charge in [0.1, 0.15) is 5.65 Å². The summed E-state index contributed by atoms with van der Waals surface area (Å²) in [5.74, 6) is 0.787. The maximum Gasteiger partial charge on any atom is 0.234 e. The van der Waals surface area contributed by atoms with Crippen LogP contribution >= 0.6 is 0 Å². The maximum atomic E-state index is 4.70. The second-order valence-electron chi connectivity index (χ2n) is 38.0. The Balaban J connectivity index is 0.000000149. The van der Waals surface area contributed by atoms with E-state index < -0.39 is 0 Å². The lowest BCUT2D eigenvalue weighted by Crippen LogP contribution is -2.16. The lowest BCUT2D eigenvalue weighted by Gasteiger charge is -2.20. The highest BCUT2D eigenvalue weighted by Gasteiger charge is 2.29. The van der Waals surface area contributed by atoms with Crippen LogP contribution in [-0.2, 0) is 43.3 Å². The van der Waals surface area contributed by atoms with Gasteiger partial charge in [0.2, 0.25) is 5.78 Å². The van der Waals surface area contributed by atoms with Crippen molar-refractivity contribution in [3.8, 4) is 0 Å².